The lowest BCUT2D eigenvalue weighted by Crippen LogP contribution is -2.60. The first-order valence-electron chi connectivity index (χ1n) is 30.7. The van der Waals surface area contributed by atoms with Crippen LogP contribution in [0, 0.1) is 17.8 Å². The summed E-state index contributed by atoms with van der Waals surface area (Å²) in [4.78, 5) is 134. The average Bonchev–Trinajstić information content (AvgIpc) is 2.40. The van der Waals surface area contributed by atoms with E-state index < -0.39 is 126 Å². The van der Waals surface area contributed by atoms with Crippen molar-refractivity contribution < 1.29 is 48.3 Å². The van der Waals surface area contributed by atoms with E-state index in [9.17, 15) is 38.7 Å². The van der Waals surface area contributed by atoms with Crippen LogP contribution in [-0.2, 0) is 49.6 Å². The Labute approximate surface area is 505 Å². The van der Waals surface area contributed by atoms with E-state index in [4.69, 9.17) is 22.9 Å². The van der Waals surface area contributed by atoms with Gasteiger partial charge in [0.15, 0.2) is 11.6 Å². The fourth-order valence-corrected chi connectivity index (χ4v) is 11.1. The van der Waals surface area contributed by atoms with Gasteiger partial charge in [-0.05, 0) is 99.8 Å². The molecule has 0 unspecified atom stereocenters. The number of carbonyl (C=O) groups is 9. The second kappa shape index (κ2) is 36.6. The maximum absolute atomic E-state index is 15.3. The summed E-state index contributed by atoms with van der Waals surface area (Å²) >= 11 is 0. The van der Waals surface area contributed by atoms with Gasteiger partial charge in [0.25, 0.3) is 0 Å². The molecule has 0 bridgehead atoms. The second-order valence-corrected chi connectivity index (χ2v) is 23.0. The number of ketones is 2. The highest BCUT2D eigenvalue weighted by Gasteiger charge is 2.39. The van der Waals surface area contributed by atoms with Crippen molar-refractivity contribution in [1.82, 2.24) is 42.2 Å². The van der Waals surface area contributed by atoms with E-state index in [1.165, 1.54) is 0 Å². The summed E-state index contributed by atoms with van der Waals surface area (Å²) in [7, 11) is 0. The van der Waals surface area contributed by atoms with E-state index in [2.05, 4.69) is 49.1 Å². The van der Waals surface area contributed by atoms with Gasteiger partial charge < -0.3 is 70.2 Å². The van der Waals surface area contributed by atoms with E-state index in [-0.39, 0.29) is 90.0 Å². The molecule has 5 rings (SSSR count). The zero-order chi connectivity index (χ0) is 62.5. The molecular weight excluding hydrogens is 1100 g/mol. The van der Waals surface area contributed by atoms with Crippen molar-refractivity contribution in [2.75, 3.05) is 32.7 Å². The molecule has 0 spiro atoms. The first kappa shape index (κ1) is 69.4. The molecule has 1 aliphatic heterocycles. The van der Waals surface area contributed by atoms with Gasteiger partial charge in [-0.1, -0.05) is 132 Å². The SMILES string of the molecule is CCCCCCC[C@@H](O)CC(=O)N[C@H](CCN)C(=O)C[C@H]1CCNC(=O)[C@H](Cc2c[nH]c3ccccc23)NC(=O)[C@H](CCN)CC(=O)[C@H](CCN)NC(=O)[C@H](CC(C)C)NC(=O)[C@@H](C(c2ccccc2)c2ccccc2)NC(=O)[C@H](CCN)NC1=O. The van der Waals surface area contributed by atoms with E-state index >= 15 is 9.59 Å². The minimum absolute atomic E-state index is 0.00621. The molecule has 2 heterocycles. The molecule has 0 saturated carbocycles. The van der Waals surface area contributed by atoms with Crippen LogP contribution in [0.1, 0.15) is 140 Å². The van der Waals surface area contributed by atoms with Crippen LogP contribution >= 0.6 is 0 Å². The first-order valence-corrected chi connectivity index (χ1v) is 30.7. The number of rotatable bonds is 27. The zero-order valence-electron chi connectivity index (χ0n) is 50.3. The van der Waals surface area contributed by atoms with Crippen LogP contribution in [0.5, 0.6) is 0 Å². The number of unbranched alkanes of at least 4 members (excludes halogenated alkanes) is 4. The normalized spacial score (nSPS) is 21.6. The van der Waals surface area contributed by atoms with Crippen molar-refractivity contribution in [2.45, 2.75) is 172 Å². The first-order chi connectivity index (χ1) is 41.4. The van der Waals surface area contributed by atoms with E-state index in [1.807, 2.05) is 38.1 Å². The summed E-state index contributed by atoms with van der Waals surface area (Å²) in [5, 5.41) is 31.4. The Morgan fingerprint density at radius 3 is 1.84 bits per heavy atom. The van der Waals surface area contributed by atoms with Gasteiger partial charge in [0.05, 0.1) is 24.6 Å². The predicted molar refractivity (Wildman–Crippen MR) is 330 cm³/mol. The van der Waals surface area contributed by atoms with Gasteiger partial charge in [0, 0.05) is 60.7 Å². The Bertz CT molecular complexity index is 2780. The Balaban J connectivity index is 1.60. The van der Waals surface area contributed by atoms with Crippen molar-refractivity contribution in [3.05, 3.63) is 108 Å². The molecule has 22 nitrogen and oxygen atoms in total. The third-order valence-electron chi connectivity index (χ3n) is 15.7. The molecule has 22 heteroatoms. The minimum Gasteiger partial charge on any atom is -0.393 e. The smallest absolute Gasteiger partial charge is 0.244 e. The Morgan fingerprint density at radius 2 is 1.20 bits per heavy atom. The van der Waals surface area contributed by atoms with Crippen molar-refractivity contribution in [2.24, 2.45) is 40.7 Å². The van der Waals surface area contributed by atoms with E-state index in [0.717, 1.165) is 43.0 Å². The molecule has 470 valence electrons. The number of H-pyrrole nitrogens is 1. The standard InChI is InChI=1S/C64H94N12O10/c1-4-5-6-7-14-21-46(77)38-56(80)71-49(25-30-66)54(78)37-44-28-33-69-61(83)53(35-45-39-70-48-23-16-15-22-47(45)48)74-59(81)43(24-29-65)36-55(79)50(26-31-67)72-63(85)52(34-40(2)3)75-64(86)58(76-62(84)51(27-32-68)73-60(44)82)57(41-17-10-8-11-18-41)42-19-12-9-13-20-42/h8-13,15-20,22-23,39-40,43-44,46,49-53,57-58,70,77H,4-7,14,21,24-38,65-68H2,1-3H3,(H,69,83)(H,71,80)(H,72,85)(H,73,82)(H,74,81)(H,75,86)(H,76,84)/t43-,44-,46-,49-,50+,51+,52+,53+,58-/m1/s1. The number of hydrogen-bond donors (Lipinski definition) is 13. The lowest BCUT2D eigenvalue weighted by Gasteiger charge is -2.32. The molecule has 4 aromatic rings. The highest BCUT2D eigenvalue weighted by atomic mass is 16.3. The third kappa shape index (κ3) is 21.9. The number of hydrogen-bond acceptors (Lipinski definition) is 14. The second-order valence-electron chi connectivity index (χ2n) is 23.0. The van der Waals surface area contributed by atoms with Gasteiger partial charge in [-0.15, -0.1) is 0 Å². The molecule has 1 fully saturated rings. The van der Waals surface area contributed by atoms with Gasteiger partial charge in [-0.3, -0.25) is 43.2 Å². The number of nitrogens with two attached hydrogens (primary N) is 4. The van der Waals surface area contributed by atoms with Crippen LogP contribution in [0.15, 0.2) is 91.1 Å². The van der Waals surface area contributed by atoms with Crippen molar-refractivity contribution in [3.63, 3.8) is 0 Å². The number of aliphatic hydroxyl groups is 1. The van der Waals surface area contributed by atoms with Crippen molar-refractivity contribution in [1.29, 1.82) is 0 Å². The number of aliphatic hydroxyl groups excluding tert-OH is 1. The van der Waals surface area contributed by atoms with Crippen LogP contribution in [0.25, 0.3) is 10.9 Å². The summed E-state index contributed by atoms with van der Waals surface area (Å²) in [6.45, 7) is 5.36. The van der Waals surface area contributed by atoms with Crippen LogP contribution < -0.4 is 60.2 Å². The third-order valence-corrected chi connectivity index (χ3v) is 15.7. The maximum Gasteiger partial charge on any atom is 0.244 e. The van der Waals surface area contributed by atoms with Gasteiger partial charge in [-0.2, -0.15) is 0 Å². The highest BCUT2D eigenvalue weighted by Crippen LogP contribution is 2.30. The van der Waals surface area contributed by atoms with E-state index in [1.54, 1.807) is 66.9 Å². The number of benzene rings is 3. The van der Waals surface area contributed by atoms with Crippen LogP contribution in [-0.4, -0.2) is 138 Å². The van der Waals surface area contributed by atoms with Crippen molar-refractivity contribution in [3.8, 4) is 0 Å². The predicted octanol–water partition coefficient (Wildman–Crippen LogP) is 2.67. The number of fused-ring (bicyclic) bond motifs is 1. The number of aromatic amines is 1. The summed E-state index contributed by atoms with van der Waals surface area (Å²) in [5.74, 6) is -9.57. The molecule has 1 aliphatic rings. The number of nitrogens with one attached hydrogen (secondary N) is 8. The Kier molecular flexibility index (Phi) is 29.5. The maximum atomic E-state index is 15.3. The fourth-order valence-electron chi connectivity index (χ4n) is 11.1. The van der Waals surface area contributed by atoms with Crippen molar-refractivity contribution >= 4 is 63.8 Å². The molecule has 0 aliphatic carbocycles. The quantitative estimate of drug-likeness (QED) is 0.0382. The topological polar surface area (TPSA) is 378 Å². The highest BCUT2D eigenvalue weighted by molar-refractivity contribution is 5.99. The van der Waals surface area contributed by atoms with Crippen LogP contribution in [0.3, 0.4) is 0 Å². The minimum atomic E-state index is -1.46. The van der Waals surface area contributed by atoms with Gasteiger partial charge in [0.1, 0.15) is 24.2 Å². The van der Waals surface area contributed by atoms with Crippen LogP contribution in [0.4, 0.5) is 0 Å². The molecule has 1 aromatic heterocycles. The van der Waals surface area contributed by atoms with Gasteiger partial charge >= 0.3 is 0 Å². The molecule has 0 radical (unpaired) electrons. The lowest BCUT2D eigenvalue weighted by molar-refractivity contribution is -0.136. The number of carbonyl (C=O) groups excluding carboxylic acids is 9. The largest absolute Gasteiger partial charge is 0.393 e. The number of amides is 7. The van der Waals surface area contributed by atoms with Gasteiger partial charge in [-0.25, -0.2) is 0 Å². The average molecular weight is 1190 g/mol. The monoisotopic (exact) mass is 1190 g/mol. The number of aromatic nitrogens is 1. The van der Waals surface area contributed by atoms with Gasteiger partial charge in [0.2, 0.25) is 41.4 Å². The molecule has 1 saturated heterocycles. The van der Waals surface area contributed by atoms with Crippen LogP contribution in [0.2, 0.25) is 0 Å². The molecule has 7 amide bonds. The molecule has 9 atom stereocenters. The lowest BCUT2D eigenvalue weighted by atomic mass is 9.84. The Morgan fingerprint density at radius 1 is 0.616 bits per heavy atom. The molecule has 86 heavy (non-hydrogen) atoms. The molecule has 17 N–H and O–H groups in total. The number of Topliss-reactive ketones (excluding diaryl/α,β-unsaturated/α-hetero) is 2. The number of para-hydroxylation sites is 1. The zero-order valence-corrected chi connectivity index (χ0v) is 50.3. The van der Waals surface area contributed by atoms with E-state index in [0.29, 0.717) is 23.1 Å². The fraction of sp³-hybridized carbons (Fsp3) is 0.547. The molecule has 3 aromatic carbocycles. The molecular formula is C64H94N12O10. The summed E-state index contributed by atoms with van der Waals surface area (Å²) in [6, 6.07) is 17.5. The summed E-state index contributed by atoms with van der Waals surface area (Å²) in [5.41, 5.74) is 26.9. The summed E-state index contributed by atoms with van der Waals surface area (Å²) < 4.78 is 0. The summed E-state index contributed by atoms with van der Waals surface area (Å²) in [6.07, 6.45) is 4.47. The Hall–Kier alpha value is -7.37.